The van der Waals surface area contributed by atoms with Crippen LogP contribution in [0.3, 0.4) is 0 Å². The van der Waals surface area contributed by atoms with E-state index in [4.69, 9.17) is 4.74 Å². The quantitative estimate of drug-likeness (QED) is 0.434. The topological polar surface area (TPSA) is 69.4 Å². The highest BCUT2D eigenvalue weighted by molar-refractivity contribution is 5.79. The third-order valence-corrected chi connectivity index (χ3v) is 2.38. The largest absolute Gasteiger partial charge is 0.496 e. The summed E-state index contributed by atoms with van der Waals surface area (Å²) in [7, 11) is 1.46. The van der Waals surface area contributed by atoms with Crippen molar-refractivity contribution in [2.24, 2.45) is 0 Å². The number of nitro groups is 1. The van der Waals surface area contributed by atoms with E-state index in [1.807, 2.05) is 0 Å². The third kappa shape index (κ3) is 2.79. The maximum absolute atomic E-state index is 10.7. The fourth-order valence-electron chi connectivity index (χ4n) is 1.46. The second-order valence-electron chi connectivity index (χ2n) is 3.54. The number of carbonyl (C=O) groups excluding carboxylic acids is 1. The minimum atomic E-state index is -0.356. The molecule has 0 heterocycles. The molecule has 0 bridgehead atoms. The van der Waals surface area contributed by atoms with Crippen molar-refractivity contribution >= 4 is 6.29 Å². The van der Waals surface area contributed by atoms with Crippen molar-refractivity contribution in [3.05, 3.63) is 39.4 Å². The van der Waals surface area contributed by atoms with Gasteiger partial charge in [0.15, 0.2) is 6.29 Å². The van der Waals surface area contributed by atoms with Gasteiger partial charge in [-0.05, 0) is 17.7 Å². The van der Waals surface area contributed by atoms with Gasteiger partial charge in [0.05, 0.1) is 12.7 Å². The van der Waals surface area contributed by atoms with Gasteiger partial charge in [0.1, 0.15) is 5.75 Å². The van der Waals surface area contributed by atoms with Crippen LogP contribution in [-0.4, -0.2) is 24.9 Å². The van der Waals surface area contributed by atoms with Crippen LogP contribution in [0.2, 0.25) is 0 Å². The first-order valence-corrected chi connectivity index (χ1v) is 4.83. The molecule has 0 spiro atoms. The van der Waals surface area contributed by atoms with Gasteiger partial charge < -0.3 is 4.74 Å². The molecule has 0 amide bonds. The van der Waals surface area contributed by atoms with E-state index in [1.54, 1.807) is 25.1 Å². The highest BCUT2D eigenvalue weighted by Crippen LogP contribution is 2.23. The van der Waals surface area contributed by atoms with E-state index < -0.39 is 0 Å². The zero-order valence-corrected chi connectivity index (χ0v) is 9.17. The highest BCUT2D eigenvalue weighted by atomic mass is 16.6. The van der Waals surface area contributed by atoms with Crippen molar-refractivity contribution < 1.29 is 14.5 Å². The van der Waals surface area contributed by atoms with Crippen molar-refractivity contribution in [2.75, 3.05) is 13.7 Å². The van der Waals surface area contributed by atoms with Crippen molar-refractivity contribution in [3.63, 3.8) is 0 Å². The molecule has 1 aromatic carbocycles. The zero-order chi connectivity index (χ0) is 12.1. The Bertz CT molecular complexity index is 403. The van der Waals surface area contributed by atoms with Gasteiger partial charge in [-0.15, -0.1) is 0 Å². The fourth-order valence-corrected chi connectivity index (χ4v) is 1.46. The van der Waals surface area contributed by atoms with Crippen LogP contribution in [0, 0.1) is 10.1 Å². The van der Waals surface area contributed by atoms with Crippen LogP contribution in [-0.2, 0) is 0 Å². The molecule has 5 nitrogen and oxygen atoms in total. The minimum Gasteiger partial charge on any atom is -0.496 e. The van der Waals surface area contributed by atoms with E-state index in [0.717, 1.165) is 5.56 Å². The molecule has 16 heavy (non-hydrogen) atoms. The lowest BCUT2D eigenvalue weighted by Crippen LogP contribution is -2.09. The Morgan fingerprint density at radius 1 is 1.56 bits per heavy atom. The molecule has 0 N–H and O–H groups in total. The van der Waals surface area contributed by atoms with Gasteiger partial charge in [0.25, 0.3) is 0 Å². The number of methoxy groups -OCH3 is 1. The molecule has 0 aromatic heterocycles. The summed E-state index contributed by atoms with van der Waals surface area (Å²) in [4.78, 5) is 20.7. The molecular weight excluding hydrogens is 210 g/mol. The number of rotatable bonds is 5. The Kier molecular flexibility index (Phi) is 3.99. The maximum atomic E-state index is 10.7. The van der Waals surface area contributed by atoms with Crippen molar-refractivity contribution in [1.82, 2.24) is 0 Å². The fraction of sp³-hybridized carbons (Fsp3) is 0.364. The van der Waals surface area contributed by atoms with E-state index >= 15 is 0 Å². The lowest BCUT2D eigenvalue weighted by atomic mass is 9.99. The minimum absolute atomic E-state index is 0.135. The first-order valence-electron chi connectivity index (χ1n) is 4.83. The summed E-state index contributed by atoms with van der Waals surface area (Å²) >= 11 is 0. The van der Waals surface area contributed by atoms with Crippen LogP contribution in [0.15, 0.2) is 18.2 Å². The van der Waals surface area contributed by atoms with E-state index in [-0.39, 0.29) is 17.4 Å². The van der Waals surface area contributed by atoms with E-state index in [2.05, 4.69) is 0 Å². The Morgan fingerprint density at radius 3 is 2.75 bits per heavy atom. The first kappa shape index (κ1) is 12.2. The van der Waals surface area contributed by atoms with Gasteiger partial charge >= 0.3 is 0 Å². The Hall–Kier alpha value is -1.91. The average molecular weight is 223 g/mol. The lowest BCUT2D eigenvalue weighted by molar-refractivity contribution is -0.482. The first-order chi connectivity index (χ1) is 7.58. The van der Waals surface area contributed by atoms with Crippen LogP contribution in [0.4, 0.5) is 0 Å². The number of hydrogen-bond donors (Lipinski definition) is 0. The maximum Gasteiger partial charge on any atom is 0.210 e. The number of carbonyl (C=O) groups is 1. The SMILES string of the molecule is COc1cc(C(C)C[N+](=O)[O-])ccc1C=O. The van der Waals surface area contributed by atoms with Crippen LogP contribution in [0.1, 0.15) is 28.8 Å². The van der Waals surface area contributed by atoms with E-state index in [0.29, 0.717) is 17.6 Å². The van der Waals surface area contributed by atoms with E-state index in [9.17, 15) is 14.9 Å². The molecule has 5 heteroatoms. The lowest BCUT2D eigenvalue weighted by Gasteiger charge is -2.10. The molecule has 1 atom stereocenters. The number of nitrogens with zero attached hydrogens (tertiary/aromatic N) is 1. The Morgan fingerprint density at radius 2 is 2.25 bits per heavy atom. The normalized spacial score (nSPS) is 11.9. The highest BCUT2D eigenvalue weighted by Gasteiger charge is 2.14. The predicted octanol–water partition coefficient (Wildman–Crippen LogP) is 1.89. The van der Waals surface area contributed by atoms with Gasteiger partial charge in [0.2, 0.25) is 6.54 Å². The number of aldehydes is 1. The van der Waals surface area contributed by atoms with Crippen molar-refractivity contribution in [2.45, 2.75) is 12.8 Å². The van der Waals surface area contributed by atoms with Gasteiger partial charge in [-0.2, -0.15) is 0 Å². The Balaban J connectivity index is 2.98. The smallest absolute Gasteiger partial charge is 0.210 e. The molecule has 0 saturated carbocycles. The van der Waals surface area contributed by atoms with Gasteiger partial charge in [-0.1, -0.05) is 13.0 Å². The standard InChI is InChI=1S/C11H13NO4/c1-8(6-12(14)15)9-3-4-10(7-13)11(5-9)16-2/h3-5,7-8H,6H2,1-2H3. The zero-order valence-electron chi connectivity index (χ0n) is 9.17. The van der Waals surface area contributed by atoms with Crippen molar-refractivity contribution in [3.8, 4) is 5.75 Å². The second-order valence-corrected chi connectivity index (χ2v) is 3.54. The number of hydrogen-bond acceptors (Lipinski definition) is 4. The second kappa shape index (κ2) is 5.25. The van der Waals surface area contributed by atoms with Crippen LogP contribution in [0.5, 0.6) is 5.75 Å². The molecule has 0 aliphatic carbocycles. The van der Waals surface area contributed by atoms with Gasteiger partial charge in [-0.3, -0.25) is 14.9 Å². The summed E-state index contributed by atoms with van der Waals surface area (Å²) < 4.78 is 5.03. The molecule has 1 rings (SSSR count). The molecule has 0 aliphatic heterocycles. The molecule has 0 saturated heterocycles. The van der Waals surface area contributed by atoms with Gasteiger partial charge in [-0.25, -0.2) is 0 Å². The summed E-state index contributed by atoms with van der Waals surface area (Å²) in [5.74, 6) is 0.243. The van der Waals surface area contributed by atoms with Crippen LogP contribution < -0.4 is 4.74 Å². The van der Waals surface area contributed by atoms with Crippen LogP contribution in [0.25, 0.3) is 0 Å². The molecule has 86 valence electrons. The molecular formula is C11H13NO4. The van der Waals surface area contributed by atoms with Crippen LogP contribution >= 0.6 is 0 Å². The van der Waals surface area contributed by atoms with Crippen molar-refractivity contribution in [1.29, 1.82) is 0 Å². The Labute approximate surface area is 93.2 Å². The number of benzene rings is 1. The molecule has 0 aliphatic rings. The monoisotopic (exact) mass is 223 g/mol. The molecule has 1 unspecified atom stereocenters. The summed E-state index contributed by atoms with van der Waals surface area (Å²) in [6.07, 6.45) is 0.695. The predicted molar refractivity (Wildman–Crippen MR) is 58.7 cm³/mol. The number of ether oxygens (including phenoxy) is 1. The summed E-state index contributed by atoms with van der Waals surface area (Å²) in [5, 5.41) is 10.4. The average Bonchev–Trinajstić information content (AvgIpc) is 2.27. The third-order valence-electron chi connectivity index (χ3n) is 2.38. The summed E-state index contributed by atoms with van der Waals surface area (Å²) in [5.41, 5.74) is 1.23. The summed E-state index contributed by atoms with van der Waals surface area (Å²) in [6.45, 7) is 1.63. The van der Waals surface area contributed by atoms with Gasteiger partial charge in [0, 0.05) is 10.8 Å². The summed E-state index contributed by atoms with van der Waals surface area (Å²) in [6, 6.07) is 4.98. The van der Waals surface area contributed by atoms with E-state index in [1.165, 1.54) is 7.11 Å². The molecule has 0 fully saturated rings. The molecule has 0 radical (unpaired) electrons. The molecule has 1 aromatic rings.